The molecule has 0 N–H and O–H groups in total. The minimum absolute atomic E-state index is 0.213. The van der Waals surface area contributed by atoms with E-state index in [0.717, 1.165) is 12.0 Å². The third kappa shape index (κ3) is 2.83. The Bertz CT molecular complexity index is 428. The normalized spacial score (nSPS) is 23.9. The van der Waals surface area contributed by atoms with Crippen LogP contribution in [0.3, 0.4) is 0 Å². The summed E-state index contributed by atoms with van der Waals surface area (Å²) in [7, 11) is 0. The second-order valence-electron chi connectivity index (χ2n) is 4.87. The van der Waals surface area contributed by atoms with E-state index in [1.54, 1.807) is 6.07 Å². The predicted octanol–water partition coefficient (Wildman–Crippen LogP) is 4.54. The maximum absolute atomic E-state index is 12.2. The zero-order chi connectivity index (χ0) is 12.4. The molecule has 1 aromatic carbocycles. The van der Waals surface area contributed by atoms with Gasteiger partial charge in [-0.15, -0.1) is 0 Å². The highest BCUT2D eigenvalue weighted by atomic mass is 35.5. The molecule has 0 bridgehead atoms. The minimum Gasteiger partial charge on any atom is -0.299 e. The van der Waals surface area contributed by atoms with Gasteiger partial charge in [-0.25, -0.2) is 0 Å². The van der Waals surface area contributed by atoms with Gasteiger partial charge in [0.1, 0.15) is 5.78 Å². The first-order valence-electron chi connectivity index (χ1n) is 6.05. The topological polar surface area (TPSA) is 17.1 Å². The number of hydrogen-bond acceptors (Lipinski definition) is 1. The number of halogens is 2. The van der Waals surface area contributed by atoms with E-state index in [1.807, 2.05) is 12.1 Å². The average Bonchev–Trinajstić information content (AvgIpc) is 2.71. The molecule has 0 spiro atoms. The number of carbonyl (C=O) groups is 1. The Morgan fingerprint density at radius 2 is 2.12 bits per heavy atom. The van der Waals surface area contributed by atoms with Crippen molar-refractivity contribution >= 4 is 29.0 Å². The standard InChI is InChI=1S/C14H16Cl2O/c1-9-4-2-6-11(9)13(17)8-10-5-3-7-12(15)14(10)16/h3,5,7,9,11H,2,4,6,8H2,1H3. The van der Waals surface area contributed by atoms with Gasteiger partial charge < -0.3 is 0 Å². The van der Waals surface area contributed by atoms with Crippen molar-refractivity contribution in [2.45, 2.75) is 32.6 Å². The first-order chi connectivity index (χ1) is 8.09. The van der Waals surface area contributed by atoms with Gasteiger partial charge in [0, 0.05) is 12.3 Å². The number of rotatable bonds is 3. The van der Waals surface area contributed by atoms with E-state index in [9.17, 15) is 4.79 Å². The molecule has 1 aromatic rings. The van der Waals surface area contributed by atoms with E-state index >= 15 is 0 Å². The highest BCUT2D eigenvalue weighted by Crippen LogP contribution is 2.34. The van der Waals surface area contributed by atoms with Crippen LogP contribution in [0.4, 0.5) is 0 Å². The molecule has 0 aliphatic heterocycles. The van der Waals surface area contributed by atoms with Crippen LogP contribution in [0.15, 0.2) is 18.2 Å². The van der Waals surface area contributed by atoms with Crippen LogP contribution in [0.25, 0.3) is 0 Å². The Balaban J connectivity index is 2.10. The first-order valence-corrected chi connectivity index (χ1v) is 6.80. The second kappa shape index (κ2) is 5.41. The van der Waals surface area contributed by atoms with Crippen molar-refractivity contribution in [2.24, 2.45) is 11.8 Å². The Labute approximate surface area is 112 Å². The summed E-state index contributed by atoms with van der Waals surface area (Å²) in [6, 6.07) is 5.47. The minimum atomic E-state index is 0.213. The fraction of sp³-hybridized carbons (Fsp3) is 0.500. The number of benzene rings is 1. The lowest BCUT2D eigenvalue weighted by atomic mass is 9.90. The van der Waals surface area contributed by atoms with E-state index in [0.29, 0.717) is 28.2 Å². The SMILES string of the molecule is CC1CCCC1C(=O)Cc1cccc(Cl)c1Cl. The number of ketones is 1. The summed E-state index contributed by atoms with van der Waals surface area (Å²) < 4.78 is 0. The van der Waals surface area contributed by atoms with Gasteiger partial charge in [-0.1, -0.05) is 48.7 Å². The molecule has 92 valence electrons. The smallest absolute Gasteiger partial charge is 0.140 e. The van der Waals surface area contributed by atoms with Gasteiger partial charge in [-0.3, -0.25) is 4.79 Å². The summed E-state index contributed by atoms with van der Waals surface area (Å²) in [6.45, 7) is 2.16. The van der Waals surface area contributed by atoms with Gasteiger partial charge >= 0.3 is 0 Å². The highest BCUT2D eigenvalue weighted by molar-refractivity contribution is 6.42. The van der Waals surface area contributed by atoms with Crippen LogP contribution in [0.2, 0.25) is 10.0 Å². The maximum Gasteiger partial charge on any atom is 0.140 e. The molecular weight excluding hydrogens is 255 g/mol. The molecule has 0 saturated heterocycles. The van der Waals surface area contributed by atoms with Gasteiger partial charge in [0.25, 0.3) is 0 Å². The lowest BCUT2D eigenvalue weighted by Gasteiger charge is -2.14. The summed E-state index contributed by atoms with van der Waals surface area (Å²) >= 11 is 12.0. The molecule has 2 rings (SSSR count). The Kier molecular flexibility index (Phi) is 4.11. The van der Waals surface area contributed by atoms with Crippen molar-refractivity contribution in [2.75, 3.05) is 0 Å². The first kappa shape index (κ1) is 12.9. The highest BCUT2D eigenvalue weighted by Gasteiger charge is 2.29. The third-order valence-electron chi connectivity index (χ3n) is 3.67. The van der Waals surface area contributed by atoms with Gasteiger partial charge in [-0.2, -0.15) is 0 Å². The monoisotopic (exact) mass is 270 g/mol. The van der Waals surface area contributed by atoms with Crippen molar-refractivity contribution in [1.29, 1.82) is 0 Å². The molecule has 2 atom stereocenters. The molecule has 0 heterocycles. The average molecular weight is 271 g/mol. The van der Waals surface area contributed by atoms with Crippen LogP contribution in [0.5, 0.6) is 0 Å². The van der Waals surface area contributed by atoms with Crippen molar-refractivity contribution in [1.82, 2.24) is 0 Å². The predicted molar refractivity (Wildman–Crippen MR) is 71.7 cm³/mol. The number of hydrogen-bond donors (Lipinski definition) is 0. The summed E-state index contributed by atoms with van der Waals surface area (Å²) in [5.41, 5.74) is 0.850. The zero-order valence-corrected chi connectivity index (χ0v) is 11.4. The Morgan fingerprint density at radius 1 is 1.35 bits per heavy atom. The van der Waals surface area contributed by atoms with E-state index in [2.05, 4.69) is 6.92 Å². The van der Waals surface area contributed by atoms with Gasteiger partial charge in [0.2, 0.25) is 0 Å². The maximum atomic E-state index is 12.2. The van der Waals surface area contributed by atoms with Gasteiger partial charge in [0.15, 0.2) is 0 Å². The molecule has 1 nitrogen and oxygen atoms in total. The molecule has 1 saturated carbocycles. The summed E-state index contributed by atoms with van der Waals surface area (Å²) in [5, 5.41) is 1.05. The molecule has 2 unspecified atom stereocenters. The molecule has 0 radical (unpaired) electrons. The molecule has 1 fully saturated rings. The fourth-order valence-electron chi connectivity index (χ4n) is 2.63. The van der Waals surface area contributed by atoms with Gasteiger partial charge in [-0.05, 0) is 30.4 Å². The van der Waals surface area contributed by atoms with Crippen LogP contribution in [-0.2, 0) is 11.2 Å². The van der Waals surface area contributed by atoms with Crippen LogP contribution >= 0.6 is 23.2 Å². The third-order valence-corrected chi connectivity index (χ3v) is 4.53. The quantitative estimate of drug-likeness (QED) is 0.788. The summed E-state index contributed by atoms with van der Waals surface area (Å²) in [4.78, 5) is 12.2. The van der Waals surface area contributed by atoms with Crippen LogP contribution < -0.4 is 0 Å². The molecule has 17 heavy (non-hydrogen) atoms. The second-order valence-corrected chi connectivity index (χ2v) is 5.66. The van der Waals surface area contributed by atoms with E-state index in [-0.39, 0.29) is 5.92 Å². The lowest BCUT2D eigenvalue weighted by Crippen LogP contribution is -2.19. The summed E-state index contributed by atoms with van der Waals surface area (Å²) in [6.07, 6.45) is 3.77. The van der Waals surface area contributed by atoms with Crippen LogP contribution in [0.1, 0.15) is 31.7 Å². The largest absolute Gasteiger partial charge is 0.299 e. The fourth-order valence-corrected chi connectivity index (χ4v) is 3.01. The molecule has 0 amide bonds. The van der Waals surface area contributed by atoms with Crippen LogP contribution in [-0.4, -0.2) is 5.78 Å². The zero-order valence-electron chi connectivity index (χ0n) is 9.88. The van der Waals surface area contributed by atoms with E-state index in [4.69, 9.17) is 23.2 Å². The Hall–Kier alpha value is -0.530. The van der Waals surface area contributed by atoms with Crippen LogP contribution in [0, 0.1) is 11.8 Å². The van der Waals surface area contributed by atoms with E-state index < -0.39 is 0 Å². The van der Waals surface area contributed by atoms with Gasteiger partial charge in [0.05, 0.1) is 10.0 Å². The molecule has 1 aliphatic rings. The Morgan fingerprint density at radius 3 is 2.76 bits per heavy atom. The lowest BCUT2D eigenvalue weighted by molar-refractivity contribution is -0.123. The number of carbonyl (C=O) groups excluding carboxylic acids is 1. The molecule has 1 aliphatic carbocycles. The number of Topliss-reactive ketones (excluding diaryl/α,β-unsaturated/α-hetero) is 1. The van der Waals surface area contributed by atoms with Crippen molar-refractivity contribution in [3.63, 3.8) is 0 Å². The van der Waals surface area contributed by atoms with Crippen molar-refractivity contribution in [3.8, 4) is 0 Å². The van der Waals surface area contributed by atoms with Crippen molar-refractivity contribution < 1.29 is 4.79 Å². The molecular formula is C14H16Cl2O. The van der Waals surface area contributed by atoms with E-state index in [1.165, 1.54) is 12.8 Å². The summed E-state index contributed by atoms with van der Waals surface area (Å²) in [5.74, 6) is 1.03. The molecule has 3 heteroatoms. The molecule has 0 aromatic heterocycles. The van der Waals surface area contributed by atoms with Crippen molar-refractivity contribution in [3.05, 3.63) is 33.8 Å².